The fraction of sp³-hybridized carbons (Fsp3) is 0.357. The molecule has 0 saturated carbocycles. The van der Waals surface area contributed by atoms with Crippen LogP contribution >= 0.6 is 0 Å². The molecular formula is C14H15FN2O4. The SMILES string of the molecule is O=C1CC[C@H](C(=O)N[C@H](Cc2cccc(F)c2)C(=O)O)N1. The first kappa shape index (κ1) is 15.0. The molecule has 2 amide bonds. The molecule has 0 bridgehead atoms. The van der Waals surface area contributed by atoms with Crippen LogP contribution in [0, 0.1) is 5.82 Å². The molecule has 1 saturated heterocycles. The maximum Gasteiger partial charge on any atom is 0.326 e. The molecule has 0 aromatic heterocycles. The van der Waals surface area contributed by atoms with Gasteiger partial charge in [-0.1, -0.05) is 12.1 Å². The van der Waals surface area contributed by atoms with Crippen molar-refractivity contribution in [2.24, 2.45) is 0 Å². The molecule has 7 heteroatoms. The van der Waals surface area contributed by atoms with Gasteiger partial charge in [0, 0.05) is 12.8 Å². The van der Waals surface area contributed by atoms with Crippen LogP contribution in [0.25, 0.3) is 0 Å². The zero-order valence-electron chi connectivity index (χ0n) is 11.1. The molecule has 0 unspecified atom stereocenters. The Bertz CT molecular complexity index is 576. The predicted octanol–water partition coefficient (Wildman–Crippen LogP) is 0.216. The molecule has 1 aromatic carbocycles. The summed E-state index contributed by atoms with van der Waals surface area (Å²) in [7, 11) is 0. The fourth-order valence-electron chi connectivity index (χ4n) is 2.18. The lowest BCUT2D eigenvalue weighted by Crippen LogP contribution is -2.49. The minimum atomic E-state index is -1.21. The van der Waals surface area contributed by atoms with E-state index in [0.717, 1.165) is 0 Å². The summed E-state index contributed by atoms with van der Waals surface area (Å²) in [6.45, 7) is 0. The van der Waals surface area contributed by atoms with Crippen LogP contribution in [0.3, 0.4) is 0 Å². The molecule has 3 N–H and O–H groups in total. The lowest BCUT2D eigenvalue weighted by atomic mass is 10.1. The van der Waals surface area contributed by atoms with Crippen molar-refractivity contribution < 1.29 is 23.9 Å². The van der Waals surface area contributed by atoms with E-state index >= 15 is 0 Å². The van der Waals surface area contributed by atoms with Gasteiger partial charge >= 0.3 is 5.97 Å². The van der Waals surface area contributed by atoms with E-state index in [1.54, 1.807) is 6.07 Å². The van der Waals surface area contributed by atoms with Gasteiger partial charge in [-0.25, -0.2) is 9.18 Å². The summed E-state index contributed by atoms with van der Waals surface area (Å²) in [5.74, 6) is -2.44. The fourth-order valence-corrected chi connectivity index (χ4v) is 2.18. The Morgan fingerprint density at radius 1 is 1.48 bits per heavy atom. The van der Waals surface area contributed by atoms with Gasteiger partial charge < -0.3 is 15.7 Å². The molecule has 0 radical (unpaired) electrons. The van der Waals surface area contributed by atoms with Crippen LogP contribution in [-0.2, 0) is 20.8 Å². The van der Waals surface area contributed by atoms with Crippen molar-refractivity contribution in [2.45, 2.75) is 31.3 Å². The maximum atomic E-state index is 13.1. The second-order valence-corrected chi connectivity index (χ2v) is 4.89. The molecule has 21 heavy (non-hydrogen) atoms. The van der Waals surface area contributed by atoms with Crippen molar-refractivity contribution in [3.05, 3.63) is 35.6 Å². The molecular weight excluding hydrogens is 279 g/mol. The topological polar surface area (TPSA) is 95.5 Å². The van der Waals surface area contributed by atoms with Crippen LogP contribution in [0.1, 0.15) is 18.4 Å². The first-order valence-corrected chi connectivity index (χ1v) is 6.52. The highest BCUT2D eigenvalue weighted by Crippen LogP contribution is 2.09. The van der Waals surface area contributed by atoms with Crippen LogP contribution in [0.15, 0.2) is 24.3 Å². The molecule has 1 aliphatic heterocycles. The lowest BCUT2D eigenvalue weighted by molar-refractivity contribution is -0.142. The van der Waals surface area contributed by atoms with Gasteiger partial charge in [-0.3, -0.25) is 9.59 Å². The Kier molecular flexibility index (Phi) is 4.52. The minimum absolute atomic E-state index is 0.0283. The largest absolute Gasteiger partial charge is 0.480 e. The van der Waals surface area contributed by atoms with Gasteiger partial charge in [0.25, 0.3) is 0 Å². The van der Waals surface area contributed by atoms with Crippen molar-refractivity contribution >= 4 is 17.8 Å². The monoisotopic (exact) mass is 294 g/mol. The zero-order chi connectivity index (χ0) is 15.4. The standard InChI is InChI=1S/C14H15FN2O4/c15-9-3-1-2-8(6-9)7-11(14(20)21)17-13(19)10-4-5-12(18)16-10/h1-3,6,10-11H,4-5,7H2,(H,16,18)(H,17,19)(H,20,21)/t10-,11-/m1/s1. The molecule has 0 aliphatic carbocycles. The van der Waals surface area contributed by atoms with Crippen LogP contribution < -0.4 is 10.6 Å². The average molecular weight is 294 g/mol. The average Bonchev–Trinajstić information content (AvgIpc) is 2.84. The number of benzene rings is 1. The van der Waals surface area contributed by atoms with E-state index < -0.39 is 29.8 Å². The van der Waals surface area contributed by atoms with Gasteiger partial charge in [0.05, 0.1) is 0 Å². The number of nitrogens with one attached hydrogen (secondary N) is 2. The van der Waals surface area contributed by atoms with E-state index in [-0.39, 0.29) is 18.7 Å². The molecule has 1 fully saturated rings. The Morgan fingerprint density at radius 3 is 2.81 bits per heavy atom. The number of carbonyl (C=O) groups is 3. The van der Waals surface area contributed by atoms with Crippen molar-refractivity contribution in [2.75, 3.05) is 0 Å². The summed E-state index contributed by atoms with van der Waals surface area (Å²) in [6.07, 6.45) is 0.566. The van der Waals surface area contributed by atoms with E-state index in [4.69, 9.17) is 5.11 Å². The highest BCUT2D eigenvalue weighted by molar-refractivity contribution is 5.92. The summed E-state index contributed by atoms with van der Waals surface area (Å²) in [5.41, 5.74) is 0.471. The molecule has 112 valence electrons. The maximum absolute atomic E-state index is 13.1. The summed E-state index contributed by atoms with van der Waals surface area (Å²) >= 11 is 0. The zero-order valence-corrected chi connectivity index (χ0v) is 11.1. The van der Waals surface area contributed by atoms with Gasteiger partial charge in [-0.05, 0) is 24.1 Å². The smallest absolute Gasteiger partial charge is 0.326 e. The number of carboxylic acids is 1. The molecule has 1 aromatic rings. The number of carboxylic acid groups (broad SMARTS) is 1. The van der Waals surface area contributed by atoms with Gasteiger partial charge in [0.15, 0.2) is 0 Å². The van der Waals surface area contributed by atoms with Crippen LogP contribution in [-0.4, -0.2) is 35.0 Å². The molecule has 1 heterocycles. The van der Waals surface area contributed by atoms with Crippen molar-refractivity contribution in [3.8, 4) is 0 Å². The first-order valence-electron chi connectivity index (χ1n) is 6.52. The van der Waals surface area contributed by atoms with E-state index in [1.165, 1.54) is 18.2 Å². The highest BCUT2D eigenvalue weighted by Gasteiger charge is 2.30. The van der Waals surface area contributed by atoms with Crippen LogP contribution in [0.5, 0.6) is 0 Å². The number of hydrogen-bond acceptors (Lipinski definition) is 3. The Balaban J connectivity index is 2.00. The lowest BCUT2D eigenvalue weighted by Gasteiger charge is -2.17. The van der Waals surface area contributed by atoms with E-state index in [2.05, 4.69) is 10.6 Å². The van der Waals surface area contributed by atoms with E-state index in [1.807, 2.05) is 0 Å². The second-order valence-electron chi connectivity index (χ2n) is 4.89. The van der Waals surface area contributed by atoms with Crippen LogP contribution in [0.2, 0.25) is 0 Å². The molecule has 0 spiro atoms. The number of carbonyl (C=O) groups excluding carboxylic acids is 2. The quantitative estimate of drug-likeness (QED) is 0.723. The van der Waals surface area contributed by atoms with E-state index in [0.29, 0.717) is 12.0 Å². The Labute approximate surface area is 120 Å². The number of rotatable bonds is 5. The molecule has 1 aliphatic rings. The minimum Gasteiger partial charge on any atom is -0.480 e. The summed E-state index contributed by atoms with van der Waals surface area (Å²) in [4.78, 5) is 34.2. The van der Waals surface area contributed by atoms with Gasteiger partial charge in [-0.2, -0.15) is 0 Å². The summed E-state index contributed by atoms with van der Waals surface area (Å²) in [6, 6.07) is 3.67. The third kappa shape index (κ3) is 4.01. The second kappa shape index (κ2) is 6.34. The normalized spacial score (nSPS) is 18.9. The van der Waals surface area contributed by atoms with Crippen molar-refractivity contribution in [3.63, 3.8) is 0 Å². The van der Waals surface area contributed by atoms with Crippen LogP contribution in [0.4, 0.5) is 4.39 Å². The molecule has 6 nitrogen and oxygen atoms in total. The number of amides is 2. The molecule has 2 atom stereocenters. The summed E-state index contributed by atoms with van der Waals surface area (Å²) in [5, 5.41) is 14.0. The third-order valence-corrected chi connectivity index (χ3v) is 3.26. The van der Waals surface area contributed by atoms with Crippen molar-refractivity contribution in [1.29, 1.82) is 0 Å². The van der Waals surface area contributed by atoms with Gasteiger partial charge in [0.2, 0.25) is 11.8 Å². The Morgan fingerprint density at radius 2 is 2.24 bits per heavy atom. The highest BCUT2D eigenvalue weighted by atomic mass is 19.1. The third-order valence-electron chi connectivity index (χ3n) is 3.26. The molecule has 2 rings (SSSR count). The van der Waals surface area contributed by atoms with Crippen molar-refractivity contribution in [1.82, 2.24) is 10.6 Å². The summed E-state index contributed by atoms with van der Waals surface area (Å²) < 4.78 is 13.1. The Hall–Kier alpha value is -2.44. The predicted molar refractivity (Wildman–Crippen MR) is 70.8 cm³/mol. The van der Waals surface area contributed by atoms with E-state index in [9.17, 15) is 18.8 Å². The number of aliphatic carboxylic acids is 1. The van der Waals surface area contributed by atoms with Gasteiger partial charge in [0.1, 0.15) is 17.9 Å². The van der Waals surface area contributed by atoms with Gasteiger partial charge in [-0.15, -0.1) is 0 Å². The number of hydrogen-bond donors (Lipinski definition) is 3. The first-order chi connectivity index (χ1) is 9.95. The number of halogens is 1.